The third-order valence-corrected chi connectivity index (χ3v) is 8.52. The molecule has 0 N–H and O–H groups in total. The van der Waals surface area contributed by atoms with Crippen LogP contribution in [0, 0.1) is 11.8 Å². The fraction of sp³-hybridized carbons (Fsp3) is 0.333. The predicted octanol–water partition coefficient (Wildman–Crippen LogP) is 4.94. The molecule has 44 heavy (non-hydrogen) atoms. The number of hydrogen-bond donors (Lipinski definition) is 0. The highest BCUT2D eigenvalue weighted by atomic mass is 16.5. The van der Waals surface area contributed by atoms with Crippen LogP contribution in [0.15, 0.2) is 110 Å². The number of aromatic nitrogens is 2. The van der Waals surface area contributed by atoms with Crippen LogP contribution in [0.3, 0.4) is 0 Å². The Bertz CT molecular complexity index is 1340. The van der Waals surface area contributed by atoms with E-state index in [1.807, 2.05) is 73.1 Å². The summed E-state index contributed by atoms with van der Waals surface area (Å²) in [6.07, 6.45) is 7.22. The van der Waals surface area contributed by atoms with Crippen molar-refractivity contribution in [2.75, 3.05) is 40.4 Å². The first-order valence-electron chi connectivity index (χ1n) is 15.0. The summed E-state index contributed by atoms with van der Waals surface area (Å²) in [5.41, 5.74) is 4.73. The van der Waals surface area contributed by atoms with E-state index in [1.165, 1.54) is 25.3 Å². The average Bonchev–Trinajstić information content (AvgIpc) is 3.71. The summed E-state index contributed by atoms with van der Waals surface area (Å²) < 4.78 is 10.00. The first-order chi connectivity index (χ1) is 21.6. The lowest BCUT2D eigenvalue weighted by Gasteiger charge is -2.16. The van der Waals surface area contributed by atoms with Crippen LogP contribution < -0.4 is 0 Å². The van der Waals surface area contributed by atoms with E-state index < -0.39 is 0 Å². The number of likely N-dealkylation sites (tertiary alicyclic amines) is 2. The molecule has 6 rings (SSSR count). The number of hydrogen-bond acceptors (Lipinski definition) is 8. The molecule has 4 aromatic rings. The zero-order chi connectivity index (χ0) is 30.7. The molecule has 2 unspecified atom stereocenters. The van der Waals surface area contributed by atoms with Gasteiger partial charge in [0.1, 0.15) is 0 Å². The third kappa shape index (κ3) is 7.95. The van der Waals surface area contributed by atoms with Gasteiger partial charge in [-0.15, -0.1) is 0 Å². The minimum absolute atomic E-state index is 0.127. The molecule has 2 aromatic heterocycles. The van der Waals surface area contributed by atoms with E-state index in [0.29, 0.717) is 0 Å². The second-order valence-electron chi connectivity index (χ2n) is 11.4. The Kier molecular flexibility index (Phi) is 10.8. The summed E-state index contributed by atoms with van der Waals surface area (Å²) in [6.45, 7) is 4.85. The molecule has 0 radical (unpaired) electrons. The topological polar surface area (TPSA) is 84.9 Å². The Morgan fingerprint density at radius 2 is 1.02 bits per heavy atom. The maximum atomic E-state index is 12.1. The molecule has 0 saturated carbocycles. The fourth-order valence-electron chi connectivity index (χ4n) is 6.36. The maximum absolute atomic E-state index is 12.1. The van der Waals surface area contributed by atoms with Crippen molar-refractivity contribution in [3.63, 3.8) is 0 Å². The number of rotatable bonds is 8. The van der Waals surface area contributed by atoms with Crippen LogP contribution in [0.5, 0.6) is 0 Å². The lowest BCUT2D eigenvalue weighted by molar-refractivity contribution is -0.146. The van der Waals surface area contributed by atoms with Crippen molar-refractivity contribution in [3.8, 4) is 0 Å². The van der Waals surface area contributed by atoms with Crippen molar-refractivity contribution in [1.29, 1.82) is 0 Å². The number of benzene rings is 2. The number of carbonyl (C=O) groups is 2. The van der Waals surface area contributed by atoms with E-state index >= 15 is 0 Å². The molecular formula is C36H40N4O4. The van der Waals surface area contributed by atoms with Gasteiger partial charge in [0.2, 0.25) is 0 Å². The highest BCUT2D eigenvalue weighted by Crippen LogP contribution is 2.35. The van der Waals surface area contributed by atoms with E-state index in [1.54, 1.807) is 12.4 Å². The molecule has 8 nitrogen and oxygen atoms in total. The normalized spacial score (nSPS) is 21.7. The Hall–Kier alpha value is -4.40. The van der Waals surface area contributed by atoms with Gasteiger partial charge in [-0.25, -0.2) is 0 Å². The fourth-order valence-corrected chi connectivity index (χ4v) is 6.36. The first-order valence-corrected chi connectivity index (χ1v) is 15.0. The second kappa shape index (κ2) is 15.4. The third-order valence-electron chi connectivity index (χ3n) is 8.52. The number of esters is 2. The lowest BCUT2D eigenvalue weighted by atomic mass is 9.90. The summed E-state index contributed by atoms with van der Waals surface area (Å²) in [7, 11) is 2.92. The maximum Gasteiger partial charge on any atom is 0.310 e. The van der Waals surface area contributed by atoms with Crippen LogP contribution >= 0.6 is 0 Å². The van der Waals surface area contributed by atoms with Crippen molar-refractivity contribution in [1.82, 2.24) is 19.8 Å². The molecule has 4 atom stereocenters. The van der Waals surface area contributed by atoms with Gasteiger partial charge in [0.15, 0.2) is 0 Å². The van der Waals surface area contributed by atoms with Crippen molar-refractivity contribution in [2.45, 2.75) is 24.9 Å². The van der Waals surface area contributed by atoms with Crippen LogP contribution in [-0.4, -0.2) is 72.1 Å². The number of ether oxygens (including phenoxy) is 2. The summed E-state index contributed by atoms with van der Waals surface area (Å²) in [5.74, 6) is -0.237. The van der Waals surface area contributed by atoms with Crippen LogP contribution in [0.2, 0.25) is 0 Å². The monoisotopic (exact) mass is 592 g/mol. The minimum atomic E-state index is -0.135. The molecule has 228 valence electrons. The van der Waals surface area contributed by atoms with Crippen LogP contribution in [0.4, 0.5) is 0 Å². The number of pyridine rings is 2. The number of carbonyl (C=O) groups excluding carboxylic acids is 2. The van der Waals surface area contributed by atoms with Crippen LogP contribution in [-0.2, 0) is 32.2 Å². The van der Waals surface area contributed by atoms with Crippen molar-refractivity contribution in [2.24, 2.45) is 11.8 Å². The zero-order valence-electron chi connectivity index (χ0n) is 25.4. The molecule has 0 aliphatic carbocycles. The Labute approximate surface area is 259 Å². The zero-order valence-corrected chi connectivity index (χ0v) is 25.4. The largest absolute Gasteiger partial charge is 0.469 e. The van der Waals surface area contributed by atoms with Crippen molar-refractivity contribution < 1.29 is 19.1 Å². The van der Waals surface area contributed by atoms with Gasteiger partial charge in [0.05, 0.1) is 26.1 Å². The van der Waals surface area contributed by atoms with Gasteiger partial charge >= 0.3 is 11.9 Å². The Morgan fingerprint density at radius 1 is 0.614 bits per heavy atom. The Balaban J connectivity index is 0.000000175. The Morgan fingerprint density at radius 3 is 1.36 bits per heavy atom. The smallest absolute Gasteiger partial charge is 0.310 e. The van der Waals surface area contributed by atoms with E-state index in [4.69, 9.17) is 9.47 Å². The molecule has 8 heteroatoms. The van der Waals surface area contributed by atoms with Gasteiger partial charge in [0, 0.05) is 75.9 Å². The van der Waals surface area contributed by atoms with Gasteiger partial charge in [-0.3, -0.25) is 29.4 Å². The molecule has 2 aliphatic rings. The molecule has 2 aliphatic heterocycles. The molecule has 0 amide bonds. The summed E-state index contributed by atoms with van der Waals surface area (Å²) in [4.78, 5) is 37.3. The average molecular weight is 593 g/mol. The SMILES string of the molecule is COC(=O)[C@@H]1CN(Cc2ccccc2)CC1c1cccnc1.COC(=O)[C@H]1CN(Cc2ccccc2)CC1c1cccnc1. The van der Waals surface area contributed by atoms with E-state index in [-0.39, 0.29) is 35.6 Å². The predicted molar refractivity (Wildman–Crippen MR) is 168 cm³/mol. The molecule has 4 heterocycles. The van der Waals surface area contributed by atoms with Gasteiger partial charge in [-0.05, 0) is 34.4 Å². The summed E-state index contributed by atoms with van der Waals surface area (Å²) in [5, 5.41) is 0. The standard InChI is InChI=1S/2C18H20N2O2/c2*1-22-18(21)17-13-20(11-14-6-3-2-4-7-14)12-16(17)15-8-5-9-19-10-15/h2*2-10,16-17H,11-13H2,1H3/t2*16?,17-/m10/s1. The molecule has 2 fully saturated rings. The summed E-state index contributed by atoms with van der Waals surface area (Å²) >= 11 is 0. The number of nitrogens with zero attached hydrogens (tertiary/aromatic N) is 4. The van der Waals surface area contributed by atoms with Gasteiger partial charge < -0.3 is 9.47 Å². The highest BCUT2D eigenvalue weighted by Gasteiger charge is 2.40. The van der Waals surface area contributed by atoms with Gasteiger partial charge in [0.25, 0.3) is 0 Å². The quantitative estimate of drug-likeness (QED) is 0.266. The molecule has 0 bridgehead atoms. The summed E-state index contributed by atoms with van der Waals surface area (Å²) in [6, 6.07) is 28.6. The van der Waals surface area contributed by atoms with Gasteiger partial charge in [-0.1, -0.05) is 72.8 Å². The second-order valence-corrected chi connectivity index (χ2v) is 11.4. The van der Waals surface area contributed by atoms with Crippen molar-refractivity contribution in [3.05, 3.63) is 132 Å². The van der Waals surface area contributed by atoms with E-state index in [2.05, 4.69) is 44.0 Å². The molecule has 2 aromatic carbocycles. The van der Waals surface area contributed by atoms with E-state index in [0.717, 1.165) is 50.4 Å². The van der Waals surface area contributed by atoms with Gasteiger partial charge in [-0.2, -0.15) is 0 Å². The lowest BCUT2D eigenvalue weighted by Crippen LogP contribution is -2.24. The van der Waals surface area contributed by atoms with Crippen molar-refractivity contribution >= 4 is 11.9 Å². The van der Waals surface area contributed by atoms with Crippen LogP contribution in [0.1, 0.15) is 34.1 Å². The molecular weight excluding hydrogens is 552 g/mol. The minimum Gasteiger partial charge on any atom is -0.469 e. The molecule has 2 saturated heterocycles. The number of methoxy groups -OCH3 is 2. The highest BCUT2D eigenvalue weighted by molar-refractivity contribution is 5.75. The molecule has 0 spiro atoms. The van der Waals surface area contributed by atoms with E-state index in [9.17, 15) is 9.59 Å². The van der Waals surface area contributed by atoms with Crippen LogP contribution in [0.25, 0.3) is 0 Å². The first kappa shape index (κ1) is 31.0.